The lowest BCUT2D eigenvalue weighted by atomic mass is 9.63. The molecule has 2 aromatic carbocycles. The van der Waals surface area contributed by atoms with E-state index in [2.05, 4.69) is 24.4 Å². The minimum atomic E-state index is -1.35. The zero-order valence-corrected chi connectivity index (χ0v) is 24.3. The first-order valence-corrected chi connectivity index (χ1v) is 14.5. The van der Waals surface area contributed by atoms with E-state index in [1.54, 1.807) is 23.1 Å². The van der Waals surface area contributed by atoms with E-state index >= 15 is 0 Å². The van der Waals surface area contributed by atoms with Gasteiger partial charge in [0.2, 0.25) is 11.8 Å². The third-order valence-corrected chi connectivity index (χ3v) is 7.75. The predicted octanol–water partition coefficient (Wildman–Crippen LogP) is 4.84. The van der Waals surface area contributed by atoms with Gasteiger partial charge in [-0.15, -0.1) is 0 Å². The van der Waals surface area contributed by atoms with Crippen molar-refractivity contribution in [3.05, 3.63) is 94.6 Å². The van der Waals surface area contributed by atoms with E-state index in [0.717, 1.165) is 30.9 Å². The van der Waals surface area contributed by atoms with E-state index in [9.17, 15) is 23.5 Å². The van der Waals surface area contributed by atoms with Gasteiger partial charge in [0.05, 0.1) is 11.5 Å². The Morgan fingerprint density at radius 3 is 2.29 bits per heavy atom. The van der Waals surface area contributed by atoms with E-state index in [1.165, 1.54) is 17.7 Å². The van der Waals surface area contributed by atoms with Crippen LogP contribution in [0.4, 0.5) is 8.78 Å². The van der Waals surface area contributed by atoms with Gasteiger partial charge in [-0.2, -0.15) is 0 Å². The van der Waals surface area contributed by atoms with Crippen LogP contribution in [0.1, 0.15) is 56.7 Å². The number of hydrogen-bond acceptors (Lipinski definition) is 4. The van der Waals surface area contributed by atoms with E-state index in [0.29, 0.717) is 25.2 Å². The molecule has 0 saturated carbocycles. The molecule has 0 heterocycles. The number of benzene rings is 2. The molecule has 0 radical (unpaired) electrons. The number of amides is 2. The molecule has 1 aliphatic carbocycles. The van der Waals surface area contributed by atoms with Crippen LogP contribution in [0.25, 0.3) is 0 Å². The van der Waals surface area contributed by atoms with Crippen molar-refractivity contribution in [3.8, 4) is 0 Å². The zero-order valence-electron chi connectivity index (χ0n) is 24.3. The van der Waals surface area contributed by atoms with Gasteiger partial charge in [0.25, 0.3) is 0 Å². The minimum absolute atomic E-state index is 0.0110. The quantitative estimate of drug-likeness (QED) is 0.287. The summed E-state index contributed by atoms with van der Waals surface area (Å²) >= 11 is 0. The molecule has 0 fully saturated rings. The van der Waals surface area contributed by atoms with Gasteiger partial charge in [0, 0.05) is 43.7 Å². The molecule has 3 atom stereocenters. The van der Waals surface area contributed by atoms with Gasteiger partial charge in [0.15, 0.2) is 0 Å². The highest BCUT2D eigenvalue weighted by molar-refractivity contribution is 5.95. The van der Waals surface area contributed by atoms with Crippen LogP contribution in [0.15, 0.2) is 66.3 Å². The second kappa shape index (κ2) is 15.0. The van der Waals surface area contributed by atoms with Crippen molar-refractivity contribution in [2.24, 2.45) is 17.1 Å². The SMILES string of the molecule is CCCN(CCC)C(=O)C1([C@H](Cc2cc(F)cc(F)c2)[C@@H](O)CNCc2cccc(CC)c2)C=CC=C(C(N)=O)C1. The lowest BCUT2D eigenvalue weighted by Crippen LogP contribution is -2.54. The molecule has 1 aliphatic rings. The summed E-state index contributed by atoms with van der Waals surface area (Å²) in [5.41, 5.74) is 7.16. The average Bonchev–Trinajstić information content (AvgIpc) is 2.95. The van der Waals surface area contributed by atoms with Crippen molar-refractivity contribution in [3.63, 3.8) is 0 Å². The number of carbonyl (C=O) groups is 2. The van der Waals surface area contributed by atoms with E-state index in [1.807, 2.05) is 26.0 Å². The lowest BCUT2D eigenvalue weighted by molar-refractivity contribution is -0.145. The first kappa shape index (κ1) is 32.2. The molecule has 0 aliphatic heterocycles. The summed E-state index contributed by atoms with van der Waals surface area (Å²) in [5, 5.41) is 15.0. The molecule has 222 valence electrons. The summed E-state index contributed by atoms with van der Waals surface area (Å²) < 4.78 is 28.5. The summed E-state index contributed by atoms with van der Waals surface area (Å²) in [4.78, 5) is 28.5. The highest BCUT2D eigenvalue weighted by Crippen LogP contribution is 2.44. The summed E-state index contributed by atoms with van der Waals surface area (Å²) in [6.45, 7) is 7.66. The van der Waals surface area contributed by atoms with Crippen LogP contribution in [0.5, 0.6) is 0 Å². The number of hydrogen-bond donors (Lipinski definition) is 3. The molecule has 1 unspecified atom stereocenters. The molecule has 8 heteroatoms. The fourth-order valence-corrected chi connectivity index (χ4v) is 5.76. The van der Waals surface area contributed by atoms with E-state index in [-0.39, 0.29) is 30.9 Å². The van der Waals surface area contributed by atoms with E-state index in [4.69, 9.17) is 5.73 Å². The van der Waals surface area contributed by atoms with Crippen LogP contribution in [-0.2, 0) is 29.0 Å². The van der Waals surface area contributed by atoms with Crippen molar-refractivity contribution in [2.45, 2.75) is 65.5 Å². The number of allylic oxidation sites excluding steroid dienone is 2. The maximum absolute atomic E-state index is 14.4. The smallest absolute Gasteiger partial charge is 0.244 e. The van der Waals surface area contributed by atoms with Crippen molar-refractivity contribution in [1.29, 1.82) is 0 Å². The number of carbonyl (C=O) groups excluding carboxylic acids is 2. The third kappa shape index (κ3) is 8.33. The Labute approximate surface area is 242 Å². The van der Waals surface area contributed by atoms with Crippen LogP contribution >= 0.6 is 0 Å². The van der Waals surface area contributed by atoms with Gasteiger partial charge in [-0.3, -0.25) is 9.59 Å². The molecule has 4 N–H and O–H groups in total. The van der Waals surface area contributed by atoms with Crippen molar-refractivity contribution >= 4 is 11.8 Å². The second-order valence-corrected chi connectivity index (χ2v) is 10.9. The fourth-order valence-electron chi connectivity index (χ4n) is 5.76. The van der Waals surface area contributed by atoms with Gasteiger partial charge < -0.3 is 21.1 Å². The van der Waals surface area contributed by atoms with Crippen molar-refractivity contribution < 1.29 is 23.5 Å². The maximum atomic E-state index is 14.4. The second-order valence-electron chi connectivity index (χ2n) is 10.9. The molecule has 0 bridgehead atoms. The topological polar surface area (TPSA) is 95.7 Å². The average molecular weight is 568 g/mol. The van der Waals surface area contributed by atoms with Crippen LogP contribution < -0.4 is 11.1 Å². The Hall–Kier alpha value is -3.36. The van der Waals surface area contributed by atoms with Crippen LogP contribution in [-0.4, -0.2) is 47.6 Å². The first-order valence-electron chi connectivity index (χ1n) is 14.5. The predicted molar refractivity (Wildman–Crippen MR) is 158 cm³/mol. The Kier molecular flexibility index (Phi) is 11.8. The Morgan fingerprint density at radius 1 is 1.02 bits per heavy atom. The summed E-state index contributed by atoms with van der Waals surface area (Å²) in [6, 6.07) is 11.4. The van der Waals surface area contributed by atoms with Crippen molar-refractivity contribution in [2.75, 3.05) is 19.6 Å². The van der Waals surface area contributed by atoms with Gasteiger partial charge in [0.1, 0.15) is 11.6 Å². The Morgan fingerprint density at radius 2 is 1.68 bits per heavy atom. The number of primary amides is 1. The highest BCUT2D eigenvalue weighted by atomic mass is 19.1. The lowest BCUT2D eigenvalue weighted by Gasteiger charge is -2.44. The highest BCUT2D eigenvalue weighted by Gasteiger charge is 2.50. The molecule has 0 saturated heterocycles. The normalized spacial score (nSPS) is 18.0. The summed E-state index contributed by atoms with van der Waals surface area (Å²) in [7, 11) is 0. The molecule has 0 aromatic heterocycles. The number of nitrogens with one attached hydrogen (secondary N) is 1. The van der Waals surface area contributed by atoms with Gasteiger partial charge in [-0.25, -0.2) is 8.78 Å². The monoisotopic (exact) mass is 567 g/mol. The molecule has 2 amide bonds. The summed E-state index contributed by atoms with van der Waals surface area (Å²) in [6.07, 6.45) is 6.21. The third-order valence-electron chi connectivity index (χ3n) is 7.75. The summed E-state index contributed by atoms with van der Waals surface area (Å²) in [5.74, 6) is -3.18. The molecule has 41 heavy (non-hydrogen) atoms. The van der Waals surface area contributed by atoms with Gasteiger partial charge in [-0.1, -0.05) is 63.3 Å². The number of aliphatic hydroxyl groups is 1. The number of nitrogens with two attached hydrogens (primary N) is 1. The zero-order chi connectivity index (χ0) is 30.0. The fraction of sp³-hybridized carbons (Fsp3) is 0.455. The number of aliphatic hydroxyl groups excluding tert-OH is 1. The number of rotatable bonds is 15. The largest absolute Gasteiger partial charge is 0.391 e. The molecular formula is C33H43F2N3O3. The molecule has 6 nitrogen and oxygen atoms in total. The molecule has 2 aromatic rings. The minimum Gasteiger partial charge on any atom is -0.391 e. The van der Waals surface area contributed by atoms with Gasteiger partial charge in [-0.05, 0) is 60.9 Å². The Bertz CT molecular complexity index is 1240. The number of halogens is 2. The maximum Gasteiger partial charge on any atom is 0.244 e. The standard InChI is InChI=1S/C33H43F2N3O3/c1-4-13-38(14-5-2)32(41)33(12-8-11-26(20-33)31(36)40)29(18-25-16-27(34)19-28(35)17-25)30(39)22-37-21-24-10-7-9-23(6-3)15-24/h7-12,15-17,19,29-30,37,39H,4-6,13-14,18,20-22H2,1-3H3,(H2,36,40)/t29-,30+,33?/m1/s1. The Balaban J connectivity index is 2.03. The number of nitrogens with zero attached hydrogens (tertiary/aromatic N) is 1. The van der Waals surface area contributed by atoms with E-state index < -0.39 is 35.0 Å². The molecule has 3 rings (SSSR count). The van der Waals surface area contributed by atoms with Crippen LogP contribution in [0, 0.1) is 23.0 Å². The van der Waals surface area contributed by atoms with Crippen LogP contribution in [0.3, 0.4) is 0 Å². The number of aryl methyl sites for hydroxylation is 1. The van der Waals surface area contributed by atoms with Crippen LogP contribution in [0.2, 0.25) is 0 Å². The van der Waals surface area contributed by atoms with Gasteiger partial charge >= 0.3 is 0 Å². The first-order chi connectivity index (χ1) is 19.6. The van der Waals surface area contributed by atoms with Crippen molar-refractivity contribution in [1.82, 2.24) is 10.2 Å². The molecular weight excluding hydrogens is 524 g/mol. The molecule has 0 spiro atoms.